The number of phenols is 2. The molecule has 122 valence electrons. The Labute approximate surface area is 137 Å². The van der Waals surface area contributed by atoms with Crippen LogP contribution in [0.5, 0.6) is 11.5 Å². The molecule has 3 rings (SSSR count). The van der Waals surface area contributed by atoms with Crippen molar-refractivity contribution in [2.45, 2.75) is 34.6 Å². The molecule has 2 N–H and O–H groups in total. The first-order valence-electron chi connectivity index (χ1n) is 7.94. The van der Waals surface area contributed by atoms with Crippen molar-refractivity contribution in [3.63, 3.8) is 0 Å². The largest absolute Gasteiger partial charge is 0.508 e. The summed E-state index contributed by atoms with van der Waals surface area (Å²) in [5.41, 5.74) is 1.77. The van der Waals surface area contributed by atoms with Crippen molar-refractivity contribution in [3.8, 4) is 11.5 Å². The number of rotatable bonds is 1. The number of hydrogen-bond acceptors (Lipinski definition) is 3. The van der Waals surface area contributed by atoms with E-state index in [1.807, 2.05) is 6.07 Å². The van der Waals surface area contributed by atoms with Crippen LogP contribution in [0, 0.1) is 10.8 Å². The third-order valence-electron chi connectivity index (χ3n) is 4.41. The first-order chi connectivity index (χ1) is 10.6. The van der Waals surface area contributed by atoms with Gasteiger partial charge < -0.3 is 14.9 Å². The fraction of sp³-hybridized carbons (Fsp3) is 0.400. The predicted octanol–water partition coefficient (Wildman–Crippen LogP) is 5.06. The summed E-state index contributed by atoms with van der Waals surface area (Å²) >= 11 is 0. The minimum Gasteiger partial charge on any atom is -0.508 e. The van der Waals surface area contributed by atoms with E-state index >= 15 is 0 Å². The molecule has 0 amide bonds. The summed E-state index contributed by atoms with van der Waals surface area (Å²) in [7, 11) is 0. The molecular weight excluding hydrogens is 288 g/mol. The summed E-state index contributed by atoms with van der Waals surface area (Å²) in [4.78, 5) is 0. The van der Waals surface area contributed by atoms with Crippen LogP contribution in [0.15, 0.2) is 35.9 Å². The van der Waals surface area contributed by atoms with E-state index < -0.39 is 0 Å². The Morgan fingerprint density at radius 3 is 2.35 bits per heavy atom. The van der Waals surface area contributed by atoms with Gasteiger partial charge in [-0.2, -0.15) is 0 Å². The van der Waals surface area contributed by atoms with Crippen LogP contribution in [-0.4, -0.2) is 16.8 Å². The Kier molecular flexibility index (Phi) is 3.36. The first kappa shape index (κ1) is 15.7. The molecule has 0 atom stereocenters. The molecule has 0 fully saturated rings. The second-order valence-electron chi connectivity index (χ2n) is 8.03. The molecule has 0 aromatic heterocycles. The molecule has 2 aromatic carbocycles. The van der Waals surface area contributed by atoms with E-state index in [1.54, 1.807) is 24.3 Å². The number of ether oxygens (including phenoxy) is 1. The Balaban J connectivity index is 2.28. The zero-order valence-electron chi connectivity index (χ0n) is 14.4. The van der Waals surface area contributed by atoms with Gasteiger partial charge in [-0.3, -0.25) is 0 Å². The molecular formula is C20H24O3. The highest BCUT2D eigenvalue weighted by Crippen LogP contribution is 2.51. The normalized spacial score (nSPS) is 17.6. The van der Waals surface area contributed by atoms with Crippen molar-refractivity contribution in [1.29, 1.82) is 0 Å². The molecule has 0 radical (unpaired) electrons. The fourth-order valence-electron chi connectivity index (χ4n) is 3.73. The van der Waals surface area contributed by atoms with Crippen LogP contribution in [0.4, 0.5) is 0 Å². The summed E-state index contributed by atoms with van der Waals surface area (Å²) in [6, 6.07) is 8.75. The number of hydrogen-bond donors (Lipinski definition) is 2. The Hall–Kier alpha value is -2.16. The van der Waals surface area contributed by atoms with E-state index in [1.165, 1.54) is 5.57 Å². The monoisotopic (exact) mass is 312 g/mol. The van der Waals surface area contributed by atoms with E-state index in [0.717, 1.165) is 16.5 Å². The maximum Gasteiger partial charge on any atom is 0.130 e. The number of phenolic OH excluding ortho intramolecular Hbond substituents is 2. The lowest BCUT2D eigenvalue weighted by Crippen LogP contribution is -2.24. The third kappa shape index (κ3) is 2.65. The highest BCUT2D eigenvalue weighted by molar-refractivity contribution is 5.90. The lowest BCUT2D eigenvalue weighted by atomic mass is 9.71. The van der Waals surface area contributed by atoms with Crippen molar-refractivity contribution in [2.75, 3.05) is 6.61 Å². The molecule has 1 aliphatic rings. The van der Waals surface area contributed by atoms with Gasteiger partial charge in [0.1, 0.15) is 17.3 Å². The SMILES string of the molecule is CC(C)(C)C1=C(c2cc3cc(O)ccc3cc2O)OCC1(C)C. The van der Waals surface area contributed by atoms with Crippen LogP contribution >= 0.6 is 0 Å². The van der Waals surface area contributed by atoms with Crippen LogP contribution in [0.2, 0.25) is 0 Å². The van der Waals surface area contributed by atoms with Crippen molar-refractivity contribution in [3.05, 3.63) is 41.5 Å². The zero-order valence-corrected chi connectivity index (χ0v) is 14.4. The van der Waals surface area contributed by atoms with Gasteiger partial charge in [0.15, 0.2) is 0 Å². The molecule has 0 saturated heterocycles. The van der Waals surface area contributed by atoms with Crippen molar-refractivity contribution < 1.29 is 14.9 Å². The van der Waals surface area contributed by atoms with E-state index in [9.17, 15) is 10.2 Å². The maximum absolute atomic E-state index is 10.5. The Morgan fingerprint density at radius 1 is 1.00 bits per heavy atom. The van der Waals surface area contributed by atoms with Crippen molar-refractivity contribution in [2.24, 2.45) is 10.8 Å². The van der Waals surface area contributed by atoms with Gasteiger partial charge in [-0.1, -0.05) is 40.7 Å². The van der Waals surface area contributed by atoms with Gasteiger partial charge >= 0.3 is 0 Å². The average Bonchev–Trinajstić information content (AvgIpc) is 2.74. The van der Waals surface area contributed by atoms with Crippen molar-refractivity contribution >= 4 is 16.5 Å². The average molecular weight is 312 g/mol. The molecule has 1 aliphatic heterocycles. The van der Waals surface area contributed by atoms with Gasteiger partial charge in [0.2, 0.25) is 0 Å². The molecule has 0 saturated carbocycles. The highest BCUT2D eigenvalue weighted by Gasteiger charge is 2.41. The van der Waals surface area contributed by atoms with Crippen molar-refractivity contribution in [1.82, 2.24) is 0 Å². The van der Waals surface area contributed by atoms with Gasteiger partial charge in [-0.15, -0.1) is 0 Å². The molecule has 3 nitrogen and oxygen atoms in total. The summed E-state index contributed by atoms with van der Waals surface area (Å²) < 4.78 is 6.01. The molecule has 1 heterocycles. The second kappa shape index (κ2) is 4.92. The summed E-state index contributed by atoms with van der Waals surface area (Å²) in [6.07, 6.45) is 0. The van der Waals surface area contributed by atoms with Gasteiger partial charge in [0.25, 0.3) is 0 Å². The van der Waals surface area contributed by atoms with Crippen LogP contribution in [-0.2, 0) is 4.74 Å². The first-order valence-corrected chi connectivity index (χ1v) is 7.94. The lowest BCUT2D eigenvalue weighted by molar-refractivity contribution is 0.213. The second-order valence-corrected chi connectivity index (χ2v) is 8.03. The van der Waals surface area contributed by atoms with E-state index in [-0.39, 0.29) is 22.3 Å². The maximum atomic E-state index is 10.5. The number of benzene rings is 2. The molecule has 0 spiro atoms. The molecule has 3 heteroatoms. The van der Waals surface area contributed by atoms with Crippen LogP contribution in [0.25, 0.3) is 16.5 Å². The minimum absolute atomic E-state index is 0.0600. The Morgan fingerprint density at radius 2 is 1.70 bits per heavy atom. The third-order valence-corrected chi connectivity index (χ3v) is 4.41. The zero-order chi connectivity index (χ0) is 17.0. The molecule has 2 aromatic rings. The van der Waals surface area contributed by atoms with Gasteiger partial charge in [-0.05, 0) is 46.0 Å². The summed E-state index contributed by atoms with van der Waals surface area (Å²) in [5.74, 6) is 1.19. The Bertz CT molecular complexity index is 807. The number of fused-ring (bicyclic) bond motifs is 1. The van der Waals surface area contributed by atoms with Gasteiger partial charge in [0, 0.05) is 5.41 Å². The summed E-state index contributed by atoms with van der Waals surface area (Å²) in [6.45, 7) is 11.5. The van der Waals surface area contributed by atoms with E-state index in [4.69, 9.17) is 4.74 Å². The predicted molar refractivity (Wildman–Crippen MR) is 93.4 cm³/mol. The topological polar surface area (TPSA) is 49.7 Å². The van der Waals surface area contributed by atoms with E-state index in [2.05, 4.69) is 34.6 Å². The molecule has 0 bridgehead atoms. The lowest BCUT2D eigenvalue weighted by Gasteiger charge is -2.31. The quantitative estimate of drug-likeness (QED) is 0.773. The standard InChI is InChI=1S/C20H24O3/c1-19(2,3)18-17(23-11-20(18,4)5)15-9-13-8-14(21)7-6-12(13)10-16(15)22/h6-10,21-22H,11H2,1-5H3. The van der Waals surface area contributed by atoms with Gasteiger partial charge in [0.05, 0.1) is 12.2 Å². The highest BCUT2D eigenvalue weighted by atomic mass is 16.5. The van der Waals surface area contributed by atoms with Crippen LogP contribution in [0.3, 0.4) is 0 Å². The molecule has 23 heavy (non-hydrogen) atoms. The van der Waals surface area contributed by atoms with Crippen LogP contribution < -0.4 is 0 Å². The van der Waals surface area contributed by atoms with E-state index in [0.29, 0.717) is 12.2 Å². The molecule has 0 aliphatic carbocycles. The smallest absolute Gasteiger partial charge is 0.130 e. The van der Waals surface area contributed by atoms with Crippen LogP contribution in [0.1, 0.15) is 40.2 Å². The number of aromatic hydroxyl groups is 2. The minimum atomic E-state index is -0.0756. The van der Waals surface area contributed by atoms with Gasteiger partial charge in [-0.25, -0.2) is 0 Å². The molecule has 0 unspecified atom stereocenters. The summed E-state index contributed by atoms with van der Waals surface area (Å²) in [5, 5.41) is 22.0. The fourth-order valence-corrected chi connectivity index (χ4v) is 3.73.